The third-order valence-electron chi connectivity index (χ3n) is 2.42. The Labute approximate surface area is 126 Å². The van der Waals surface area contributed by atoms with Gasteiger partial charge in [0.25, 0.3) is 0 Å². The van der Waals surface area contributed by atoms with E-state index in [1.807, 2.05) is 0 Å². The van der Waals surface area contributed by atoms with Gasteiger partial charge in [0, 0.05) is 0 Å². The Balaban J connectivity index is 3.11. The summed E-state index contributed by atoms with van der Waals surface area (Å²) in [6.45, 7) is 4.66. The highest BCUT2D eigenvalue weighted by atomic mass is 19.4. The summed E-state index contributed by atoms with van der Waals surface area (Å²) in [5.74, 6) is 0. The van der Waals surface area contributed by atoms with E-state index >= 15 is 0 Å². The van der Waals surface area contributed by atoms with E-state index in [2.05, 4.69) is 5.32 Å². The van der Waals surface area contributed by atoms with Crippen LogP contribution in [0.3, 0.4) is 0 Å². The summed E-state index contributed by atoms with van der Waals surface area (Å²) in [5.41, 5.74) is -1.38. The fourth-order valence-electron chi connectivity index (χ4n) is 1.58. The zero-order chi connectivity index (χ0) is 17.0. The number of benzene rings is 1. The minimum Gasteiger partial charge on any atom is -0.444 e. The van der Waals surface area contributed by atoms with Crippen LogP contribution in [-0.2, 0) is 10.9 Å². The number of aliphatic hydroxyl groups excluding tert-OH is 1. The monoisotopic (exact) mass is 317 g/mol. The van der Waals surface area contributed by atoms with E-state index in [1.165, 1.54) is 18.2 Å². The molecule has 0 saturated carbocycles. The second kappa shape index (κ2) is 6.83. The lowest BCUT2D eigenvalue weighted by atomic mass is 10.1. The Morgan fingerprint density at radius 3 is 2.45 bits per heavy atom. The molecule has 0 aliphatic carbocycles. The van der Waals surface area contributed by atoms with Crippen molar-refractivity contribution in [3.8, 4) is 0 Å². The zero-order valence-corrected chi connectivity index (χ0v) is 12.5. The number of alkyl halides is 3. The fraction of sp³-hybridized carbons (Fsp3) is 0.400. The van der Waals surface area contributed by atoms with E-state index < -0.39 is 23.4 Å². The lowest BCUT2D eigenvalue weighted by Crippen LogP contribution is -2.27. The van der Waals surface area contributed by atoms with E-state index in [0.717, 1.165) is 12.1 Å². The first kappa shape index (κ1) is 18.0. The van der Waals surface area contributed by atoms with Gasteiger partial charge in [0.2, 0.25) is 0 Å². The summed E-state index contributed by atoms with van der Waals surface area (Å²) in [6.07, 6.45) is -2.62. The molecule has 2 N–H and O–H groups in total. The van der Waals surface area contributed by atoms with E-state index in [0.29, 0.717) is 5.56 Å². The van der Waals surface area contributed by atoms with Crippen LogP contribution in [0.5, 0.6) is 0 Å². The van der Waals surface area contributed by atoms with Crippen molar-refractivity contribution in [1.82, 2.24) is 0 Å². The number of aliphatic hydroxyl groups is 1. The maximum Gasteiger partial charge on any atom is 0.416 e. The standard InChI is InChI=1S/C15H18F3NO3/c1-14(2,3)22-13(21)19-12-9-11(15(16,17)18)7-6-10(12)5-4-8-20/h4-7,9,20H,8H2,1-3H3,(H,19,21)/b5-4+. The first-order valence-electron chi connectivity index (χ1n) is 6.51. The highest BCUT2D eigenvalue weighted by Crippen LogP contribution is 2.32. The van der Waals surface area contributed by atoms with E-state index in [9.17, 15) is 18.0 Å². The molecule has 0 spiro atoms. The second-order valence-corrected chi connectivity index (χ2v) is 5.51. The third-order valence-corrected chi connectivity index (χ3v) is 2.42. The van der Waals surface area contributed by atoms with E-state index in [-0.39, 0.29) is 12.3 Å². The molecule has 0 unspecified atom stereocenters. The molecule has 0 heterocycles. The van der Waals surface area contributed by atoms with Crippen LogP contribution >= 0.6 is 0 Å². The lowest BCUT2D eigenvalue weighted by Gasteiger charge is -2.20. The highest BCUT2D eigenvalue weighted by Gasteiger charge is 2.31. The van der Waals surface area contributed by atoms with Crippen molar-refractivity contribution in [2.45, 2.75) is 32.5 Å². The van der Waals surface area contributed by atoms with Crippen molar-refractivity contribution >= 4 is 17.9 Å². The normalized spacial score (nSPS) is 12.5. The van der Waals surface area contributed by atoms with Crippen molar-refractivity contribution in [3.63, 3.8) is 0 Å². The van der Waals surface area contributed by atoms with Crippen molar-refractivity contribution < 1.29 is 27.8 Å². The number of ether oxygens (including phenoxy) is 1. The molecule has 0 aliphatic rings. The first-order chi connectivity index (χ1) is 10.0. The van der Waals surface area contributed by atoms with Crippen LogP contribution in [0, 0.1) is 0 Å². The fourth-order valence-corrected chi connectivity index (χ4v) is 1.58. The number of nitrogens with one attached hydrogen (secondary N) is 1. The van der Waals surface area contributed by atoms with Gasteiger partial charge in [0.1, 0.15) is 5.60 Å². The van der Waals surface area contributed by atoms with Crippen molar-refractivity contribution in [2.75, 3.05) is 11.9 Å². The summed E-state index contributed by atoms with van der Waals surface area (Å²) in [4.78, 5) is 11.7. The molecular formula is C15H18F3NO3. The molecule has 0 radical (unpaired) electrons. The molecular weight excluding hydrogens is 299 g/mol. The number of rotatable bonds is 3. The number of carbonyl (C=O) groups excluding carboxylic acids is 1. The Morgan fingerprint density at radius 1 is 1.32 bits per heavy atom. The maximum atomic E-state index is 12.8. The summed E-state index contributed by atoms with van der Waals surface area (Å²) >= 11 is 0. The average Bonchev–Trinajstić information content (AvgIpc) is 2.33. The Hall–Kier alpha value is -2.02. The van der Waals surface area contributed by atoms with Gasteiger partial charge in [-0.3, -0.25) is 5.32 Å². The molecule has 0 fully saturated rings. The van der Waals surface area contributed by atoms with Crippen LogP contribution in [0.15, 0.2) is 24.3 Å². The van der Waals surface area contributed by atoms with Crippen molar-refractivity contribution in [3.05, 3.63) is 35.4 Å². The summed E-state index contributed by atoms with van der Waals surface area (Å²) in [6, 6.07) is 2.93. The third kappa shape index (κ3) is 5.77. The molecule has 122 valence electrons. The molecule has 0 aliphatic heterocycles. The SMILES string of the molecule is CC(C)(C)OC(=O)Nc1cc(C(F)(F)F)ccc1/C=C/CO. The van der Waals surface area contributed by atoms with Gasteiger partial charge in [-0.1, -0.05) is 18.2 Å². The Morgan fingerprint density at radius 2 is 1.95 bits per heavy atom. The zero-order valence-electron chi connectivity index (χ0n) is 12.5. The van der Waals surface area contributed by atoms with E-state index in [4.69, 9.17) is 9.84 Å². The molecule has 1 rings (SSSR count). The number of hydrogen-bond donors (Lipinski definition) is 2. The van der Waals surface area contributed by atoms with Crippen molar-refractivity contribution in [1.29, 1.82) is 0 Å². The smallest absolute Gasteiger partial charge is 0.416 e. The largest absolute Gasteiger partial charge is 0.444 e. The number of carbonyl (C=O) groups is 1. The highest BCUT2D eigenvalue weighted by molar-refractivity contribution is 5.88. The quantitative estimate of drug-likeness (QED) is 0.884. The number of anilines is 1. The van der Waals surface area contributed by atoms with Gasteiger partial charge in [-0.05, 0) is 38.5 Å². The van der Waals surface area contributed by atoms with Crippen LogP contribution in [-0.4, -0.2) is 23.4 Å². The molecule has 22 heavy (non-hydrogen) atoms. The van der Waals surface area contributed by atoms with Crippen LogP contribution < -0.4 is 5.32 Å². The van der Waals surface area contributed by atoms with Gasteiger partial charge in [-0.15, -0.1) is 0 Å². The number of hydrogen-bond acceptors (Lipinski definition) is 3. The molecule has 1 aromatic carbocycles. The molecule has 1 amide bonds. The Kier molecular flexibility index (Phi) is 5.59. The lowest BCUT2D eigenvalue weighted by molar-refractivity contribution is -0.137. The summed E-state index contributed by atoms with van der Waals surface area (Å²) < 4.78 is 43.3. The molecule has 0 saturated heterocycles. The second-order valence-electron chi connectivity index (χ2n) is 5.51. The van der Waals surface area contributed by atoms with E-state index in [1.54, 1.807) is 20.8 Å². The maximum absolute atomic E-state index is 12.8. The van der Waals surface area contributed by atoms with Gasteiger partial charge in [-0.2, -0.15) is 13.2 Å². The Bertz CT molecular complexity index is 560. The molecule has 7 heteroatoms. The predicted octanol–water partition coefficient (Wildman–Crippen LogP) is 4.06. The topological polar surface area (TPSA) is 58.6 Å². The minimum atomic E-state index is -4.52. The van der Waals surface area contributed by atoms with Gasteiger partial charge in [0.15, 0.2) is 0 Å². The minimum absolute atomic E-state index is 0.0474. The van der Waals surface area contributed by atoms with Gasteiger partial charge in [0.05, 0.1) is 17.9 Å². The van der Waals surface area contributed by atoms with Gasteiger partial charge >= 0.3 is 12.3 Å². The number of halogens is 3. The van der Waals surface area contributed by atoms with Crippen molar-refractivity contribution in [2.24, 2.45) is 0 Å². The van der Waals surface area contributed by atoms with Crippen LogP contribution in [0.4, 0.5) is 23.7 Å². The summed E-state index contributed by atoms with van der Waals surface area (Å²) in [7, 11) is 0. The van der Waals surface area contributed by atoms with Crippen LogP contribution in [0.2, 0.25) is 0 Å². The van der Waals surface area contributed by atoms with Crippen LogP contribution in [0.1, 0.15) is 31.9 Å². The number of amides is 1. The molecule has 0 bridgehead atoms. The van der Waals surface area contributed by atoms with Crippen LogP contribution in [0.25, 0.3) is 6.08 Å². The predicted molar refractivity (Wildman–Crippen MR) is 77.4 cm³/mol. The summed E-state index contributed by atoms with van der Waals surface area (Å²) in [5, 5.41) is 11.1. The molecule has 0 aromatic heterocycles. The molecule has 0 atom stereocenters. The molecule has 1 aromatic rings. The van der Waals surface area contributed by atoms with Gasteiger partial charge < -0.3 is 9.84 Å². The molecule has 4 nitrogen and oxygen atoms in total. The van der Waals surface area contributed by atoms with Gasteiger partial charge in [-0.25, -0.2) is 4.79 Å². The first-order valence-corrected chi connectivity index (χ1v) is 6.51. The average molecular weight is 317 g/mol.